The molecule has 0 radical (unpaired) electrons. The van der Waals surface area contributed by atoms with E-state index >= 15 is 0 Å². The summed E-state index contributed by atoms with van der Waals surface area (Å²) in [5.74, 6) is 0. The summed E-state index contributed by atoms with van der Waals surface area (Å²) in [4.78, 5) is 0. The van der Waals surface area contributed by atoms with Crippen molar-refractivity contribution in [2.75, 3.05) is 17.9 Å². The zero-order chi connectivity index (χ0) is 14.8. The second kappa shape index (κ2) is 5.81. The first-order valence-corrected chi connectivity index (χ1v) is 8.13. The Balaban J connectivity index is 2.36. The number of nitrogens with zero attached hydrogens (tertiary/aromatic N) is 3. The molecular formula is C14H19N3O2S. The second-order valence-electron chi connectivity index (χ2n) is 5.06. The average molecular weight is 293 g/mol. The number of hydrogen-bond acceptors (Lipinski definition) is 3. The summed E-state index contributed by atoms with van der Waals surface area (Å²) in [5.41, 5.74) is 0.788. The summed E-state index contributed by atoms with van der Waals surface area (Å²) in [6, 6.07) is 8.79. The highest BCUT2D eigenvalue weighted by molar-refractivity contribution is 7.90. The lowest BCUT2D eigenvalue weighted by Crippen LogP contribution is -2.48. The quantitative estimate of drug-likeness (QED) is 0.857. The molecule has 0 bridgehead atoms. The molecule has 1 fully saturated rings. The lowest BCUT2D eigenvalue weighted by molar-refractivity contribution is 0.268. The van der Waals surface area contributed by atoms with Gasteiger partial charge in [0.25, 0.3) is 0 Å². The van der Waals surface area contributed by atoms with Gasteiger partial charge in [-0.2, -0.15) is 18.0 Å². The van der Waals surface area contributed by atoms with Gasteiger partial charge < -0.3 is 0 Å². The maximum Gasteiger partial charge on any atom is 0.304 e. The van der Waals surface area contributed by atoms with Gasteiger partial charge in [-0.05, 0) is 31.9 Å². The smallest absolute Gasteiger partial charge is 0.259 e. The third-order valence-corrected chi connectivity index (χ3v) is 5.77. The zero-order valence-corrected chi connectivity index (χ0v) is 12.6. The molecule has 1 saturated heterocycles. The lowest BCUT2D eigenvalue weighted by atomic mass is 10.1. The third kappa shape index (κ3) is 2.65. The highest BCUT2D eigenvalue weighted by atomic mass is 32.2. The van der Waals surface area contributed by atoms with Gasteiger partial charge in [0.15, 0.2) is 0 Å². The molecule has 1 heterocycles. The van der Waals surface area contributed by atoms with Crippen LogP contribution in [0.4, 0.5) is 5.69 Å². The molecule has 0 aromatic heterocycles. The molecule has 1 unspecified atom stereocenters. The van der Waals surface area contributed by atoms with Crippen molar-refractivity contribution in [3.8, 4) is 6.07 Å². The van der Waals surface area contributed by atoms with Crippen LogP contribution in [0.2, 0.25) is 0 Å². The molecule has 0 spiro atoms. The Labute approximate surface area is 120 Å². The van der Waals surface area contributed by atoms with Crippen LogP contribution in [0.25, 0.3) is 0 Å². The molecule has 20 heavy (non-hydrogen) atoms. The first-order valence-electron chi connectivity index (χ1n) is 6.73. The van der Waals surface area contributed by atoms with Crippen LogP contribution in [0.15, 0.2) is 24.3 Å². The Hall–Kier alpha value is -1.58. The minimum atomic E-state index is -3.58. The van der Waals surface area contributed by atoms with Crippen LogP contribution in [0.3, 0.4) is 0 Å². The molecule has 2 rings (SSSR count). The largest absolute Gasteiger partial charge is 0.304 e. The summed E-state index contributed by atoms with van der Waals surface area (Å²) in [7, 11) is -2.07. The van der Waals surface area contributed by atoms with Gasteiger partial charge in [0.2, 0.25) is 0 Å². The standard InChI is InChI=1S/C14H19N3O2S/c1-12-7-5-6-10-17(12)20(18,19)16(2)14-9-4-3-8-13(14)11-15/h3-4,8-9,12H,5-7,10H2,1-2H3. The van der Waals surface area contributed by atoms with Gasteiger partial charge in [-0.3, -0.25) is 4.31 Å². The number of nitriles is 1. The minimum Gasteiger partial charge on any atom is -0.259 e. The van der Waals surface area contributed by atoms with E-state index in [1.807, 2.05) is 13.0 Å². The first kappa shape index (κ1) is 14.8. The molecule has 0 aliphatic carbocycles. The predicted octanol–water partition coefficient (Wildman–Crippen LogP) is 2.11. The van der Waals surface area contributed by atoms with E-state index in [4.69, 9.17) is 5.26 Å². The molecule has 1 aromatic rings. The molecule has 0 amide bonds. The van der Waals surface area contributed by atoms with Crippen LogP contribution in [0, 0.1) is 11.3 Å². The fraction of sp³-hybridized carbons (Fsp3) is 0.500. The highest BCUT2D eigenvalue weighted by Crippen LogP contribution is 2.27. The highest BCUT2D eigenvalue weighted by Gasteiger charge is 2.33. The Morgan fingerprint density at radius 2 is 2.05 bits per heavy atom. The number of hydrogen-bond donors (Lipinski definition) is 0. The molecule has 5 nitrogen and oxygen atoms in total. The van der Waals surface area contributed by atoms with E-state index in [0.717, 1.165) is 19.3 Å². The number of benzene rings is 1. The molecule has 0 N–H and O–H groups in total. The van der Waals surface area contributed by atoms with Crippen molar-refractivity contribution in [2.45, 2.75) is 32.2 Å². The molecular weight excluding hydrogens is 274 g/mol. The summed E-state index contributed by atoms with van der Waals surface area (Å²) in [6.45, 7) is 2.48. The normalized spacial score (nSPS) is 20.4. The summed E-state index contributed by atoms with van der Waals surface area (Å²) in [6.07, 6.45) is 2.83. The van der Waals surface area contributed by atoms with Crippen molar-refractivity contribution in [3.05, 3.63) is 29.8 Å². The van der Waals surface area contributed by atoms with Crippen LogP contribution < -0.4 is 4.31 Å². The van der Waals surface area contributed by atoms with E-state index in [9.17, 15) is 8.42 Å². The summed E-state index contributed by atoms with van der Waals surface area (Å²) in [5, 5.41) is 9.11. The van der Waals surface area contributed by atoms with E-state index in [1.54, 1.807) is 24.3 Å². The fourth-order valence-corrected chi connectivity index (χ4v) is 4.18. The molecule has 0 saturated carbocycles. The van der Waals surface area contributed by atoms with Crippen molar-refractivity contribution >= 4 is 15.9 Å². The van der Waals surface area contributed by atoms with Gasteiger partial charge in [0.05, 0.1) is 11.3 Å². The van der Waals surface area contributed by atoms with E-state index in [0.29, 0.717) is 17.8 Å². The number of anilines is 1. The number of para-hydroxylation sites is 1. The molecule has 1 aliphatic heterocycles. The van der Waals surface area contributed by atoms with Crippen LogP contribution in [-0.4, -0.2) is 32.4 Å². The van der Waals surface area contributed by atoms with Crippen LogP contribution in [0.5, 0.6) is 0 Å². The lowest BCUT2D eigenvalue weighted by Gasteiger charge is -2.35. The zero-order valence-electron chi connectivity index (χ0n) is 11.8. The van der Waals surface area contributed by atoms with E-state index in [-0.39, 0.29) is 6.04 Å². The van der Waals surface area contributed by atoms with Gasteiger partial charge in [-0.25, -0.2) is 0 Å². The molecule has 108 valence electrons. The predicted molar refractivity (Wildman–Crippen MR) is 78.5 cm³/mol. The van der Waals surface area contributed by atoms with Crippen molar-refractivity contribution < 1.29 is 8.42 Å². The third-order valence-electron chi connectivity index (χ3n) is 3.75. The van der Waals surface area contributed by atoms with Gasteiger partial charge >= 0.3 is 10.2 Å². The van der Waals surface area contributed by atoms with E-state index in [1.165, 1.54) is 15.7 Å². The second-order valence-corrected chi connectivity index (χ2v) is 6.97. The van der Waals surface area contributed by atoms with Crippen LogP contribution >= 0.6 is 0 Å². The molecule has 1 aromatic carbocycles. The summed E-state index contributed by atoms with van der Waals surface area (Å²) >= 11 is 0. The Morgan fingerprint density at radius 3 is 2.70 bits per heavy atom. The topological polar surface area (TPSA) is 64.4 Å². The SMILES string of the molecule is CC1CCCCN1S(=O)(=O)N(C)c1ccccc1C#N. The van der Waals surface area contributed by atoms with E-state index < -0.39 is 10.2 Å². The van der Waals surface area contributed by atoms with E-state index in [2.05, 4.69) is 0 Å². The van der Waals surface area contributed by atoms with Gasteiger partial charge in [-0.15, -0.1) is 0 Å². The number of piperidine rings is 1. The fourth-order valence-electron chi connectivity index (χ4n) is 2.54. The average Bonchev–Trinajstić information content (AvgIpc) is 2.46. The van der Waals surface area contributed by atoms with Crippen LogP contribution in [-0.2, 0) is 10.2 Å². The van der Waals surface area contributed by atoms with Crippen LogP contribution in [0.1, 0.15) is 31.7 Å². The minimum absolute atomic E-state index is 0.00504. The monoisotopic (exact) mass is 293 g/mol. The molecule has 1 atom stereocenters. The van der Waals surface area contributed by atoms with Gasteiger partial charge in [0, 0.05) is 19.6 Å². The Morgan fingerprint density at radius 1 is 1.35 bits per heavy atom. The molecule has 6 heteroatoms. The summed E-state index contributed by atoms with van der Waals surface area (Å²) < 4.78 is 28.2. The van der Waals surface area contributed by atoms with Crippen molar-refractivity contribution in [2.24, 2.45) is 0 Å². The maximum absolute atomic E-state index is 12.7. The van der Waals surface area contributed by atoms with Gasteiger partial charge in [0.1, 0.15) is 6.07 Å². The number of rotatable bonds is 3. The Kier molecular flexibility index (Phi) is 4.31. The van der Waals surface area contributed by atoms with Crippen molar-refractivity contribution in [1.82, 2.24) is 4.31 Å². The van der Waals surface area contributed by atoms with Crippen molar-refractivity contribution in [1.29, 1.82) is 5.26 Å². The van der Waals surface area contributed by atoms with Crippen molar-refractivity contribution in [3.63, 3.8) is 0 Å². The molecule has 1 aliphatic rings. The maximum atomic E-state index is 12.7. The first-order chi connectivity index (χ1) is 9.48. The Bertz CT molecular complexity index is 622. The van der Waals surface area contributed by atoms with Gasteiger partial charge in [-0.1, -0.05) is 18.6 Å².